The van der Waals surface area contributed by atoms with Gasteiger partial charge in [-0.25, -0.2) is 9.13 Å². The summed E-state index contributed by atoms with van der Waals surface area (Å²) in [5.41, 5.74) is 0. The molecule has 0 radical (unpaired) electrons. The monoisotopic (exact) mass is 1520 g/mol. The van der Waals surface area contributed by atoms with Crippen LogP contribution in [0.3, 0.4) is 0 Å². The van der Waals surface area contributed by atoms with E-state index >= 15 is 0 Å². The first-order valence-electron chi connectivity index (χ1n) is 40.0. The highest BCUT2D eigenvalue weighted by molar-refractivity contribution is 7.47. The van der Waals surface area contributed by atoms with Gasteiger partial charge in [-0.1, -0.05) is 300 Å². The summed E-state index contributed by atoms with van der Waals surface area (Å²) in [4.78, 5) is 73.0. The third kappa shape index (κ3) is 76.4. The number of allylic oxidation sites excluding steroid dienone is 29. The molecule has 0 amide bonds. The zero-order valence-electron chi connectivity index (χ0n) is 65.5. The quantitative estimate of drug-likeness (QED) is 0.0169. The van der Waals surface area contributed by atoms with Gasteiger partial charge in [0.25, 0.3) is 0 Å². The van der Waals surface area contributed by atoms with E-state index < -0.39 is 97.5 Å². The molecular formula is C87H140O17P2. The number of aliphatic hydroxyl groups is 1. The first-order chi connectivity index (χ1) is 51.7. The fraction of sp³-hybridized carbons (Fsp3) is 0.609. The Balaban J connectivity index is 5.51. The molecule has 0 fully saturated rings. The van der Waals surface area contributed by atoms with E-state index in [0.29, 0.717) is 25.7 Å². The minimum atomic E-state index is -5.01. The summed E-state index contributed by atoms with van der Waals surface area (Å²) in [6.45, 7) is 4.33. The number of rotatable bonds is 73. The van der Waals surface area contributed by atoms with Crippen LogP contribution >= 0.6 is 15.6 Å². The number of carbonyl (C=O) groups is 4. The number of esters is 4. The second-order valence-electron chi connectivity index (χ2n) is 25.9. The minimum Gasteiger partial charge on any atom is -0.462 e. The topological polar surface area (TPSA) is 237 Å². The summed E-state index contributed by atoms with van der Waals surface area (Å²) in [5, 5.41) is 10.6. The zero-order valence-corrected chi connectivity index (χ0v) is 67.3. The van der Waals surface area contributed by atoms with Crippen LogP contribution in [-0.2, 0) is 65.4 Å². The lowest BCUT2D eigenvalue weighted by Crippen LogP contribution is -2.30. The molecule has 0 aliphatic rings. The number of carbonyl (C=O) groups excluding carboxylic acids is 4. The normalized spacial score (nSPS) is 14.8. The summed E-state index contributed by atoms with van der Waals surface area (Å²) in [6.07, 6.45) is 93.3. The van der Waals surface area contributed by atoms with Gasteiger partial charge in [-0.2, -0.15) is 0 Å². The molecule has 106 heavy (non-hydrogen) atoms. The highest BCUT2D eigenvalue weighted by atomic mass is 31.2. The van der Waals surface area contributed by atoms with Crippen LogP contribution in [-0.4, -0.2) is 96.7 Å². The molecule has 0 saturated carbocycles. The van der Waals surface area contributed by atoms with Gasteiger partial charge in [0, 0.05) is 19.3 Å². The van der Waals surface area contributed by atoms with E-state index in [4.69, 9.17) is 37.0 Å². The van der Waals surface area contributed by atoms with Crippen molar-refractivity contribution in [2.45, 2.75) is 303 Å². The zero-order chi connectivity index (χ0) is 77.4. The largest absolute Gasteiger partial charge is 0.472 e. The van der Waals surface area contributed by atoms with Gasteiger partial charge in [0.05, 0.1) is 32.8 Å². The van der Waals surface area contributed by atoms with E-state index in [1.54, 1.807) is 6.08 Å². The lowest BCUT2D eigenvalue weighted by atomic mass is 10.0. The Morgan fingerprint density at radius 3 is 0.840 bits per heavy atom. The Morgan fingerprint density at radius 2 is 0.528 bits per heavy atom. The molecule has 0 saturated heterocycles. The molecule has 0 aromatic heterocycles. The SMILES string of the molecule is CC/C=C\C/C=C\C/C=C\C/C=C\C/C=C\CCCCCC(=O)OCC(COP(=O)(O)OCC(O)COP(=O)(O)OCC(COC(=O)C/C=C\C/C=C\C/C=C\C/C=C\C/C=C\CC)OC(=O)CCCCCCCCCCCCCCC)OC(=O)CCCCC/C=C\C/C=C\C/C=C\C/C=C\C/C=C\CC. The van der Waals surface area contributed by atoms with Gasteiger partial charge in [-0.15, -0.1) is 0 Å². The highest BCUT2D eigenvalue weighted by Gasteiger charge is 2.30. The molecule has 0 spiro atoms. The smallest absolute Gasteiger partial charge is 0.462 e. The summed E-state index contributed by atoms with van der Waals surface area (Å²) >= 11 is 0. The van der Waals surface area contributed by atoms with Crippen molar-refractivity contribution in [1.82, 2.24) is 0 Å². The van der Waals surface area contributed by atoms with Crippen LogP contribution in [0.15, 0.2) is 182 Å². The minimum absolute atomic E-state index is 0.0388. The van der Waals surface area contributed by atoms with Crippen molar-refractivity contribution in [3.63, 3.8) is 0 Å². The first kappa shape index (κ1) is 100. The average Bonchev–Trinajstić information content (AvgIpc) is 0.903. The Hall–Kier alpha value is -5.84. The maximum Gasteiger partial charge on any atom is 0.472 e. The molecule has 3 N–H and O–H groups in total. The van der Waals surface area contributed by atoms with Crippen LogP contribution in [0, 0.1) is 0 Å². The number of hydrogen-bond donors (Lipinski definition) is 3. The summed E-state index contributed by atoms with van der Waals surface area (Å²) in [7, 11) is -10.0. The predicted molar refractivity (Wildman–Crippen MR) is 436 cm³/mol. The molecule has 0 bridgehead atoms. The molecule has 600 valence electrons. The van der Waals surface area contributed by atoms with Crippen LogP contribution < -0.4 is 0 Å². The maximum atomic E-state index is 13.1. The Labute approximate surface area is 641 Å². The molecule has 17 nitrogen and oxygen atoms in total. The molecule has 5 unspecified atom stereocenters. The Morgan fingerprint density at radius 1 is 0.283 bits per heavy atom. The van der Waals surface area contributed by atoms with Crippen LogP contribution in [0.25, 0.3) is 0 Å². The molecular weight excluding hydrogens is 1380 g/mol. The standard InChI is InChI=1S/C87H140O17P2/c1-5-9-13-17-21-25-29-33-36-38-40-42-45-49-52-56-60-64-68-72-85(90)98-78-83(104-87(92)74-70-66-62-58-54-50-46-43-41-39-37-34-30-26-22-18-14-10-6-2)80-102-106(95,96)100-76-81(88)75-99-105(93,94)101-79-82(103-86(91)73-69-65-61-57-53-47-32-28-24-20-16-12-8-4)77-97-84(89)71-67-63-59-55-51-48-44-35-31-27-23-19-15-11-7-3/h9-11,13-15,21-23,25-27,33-37,40-44,49-52,54-55,63,67,81-83,88H,5-8,12,16-20,24,28-32,38-39,45-48,53,56-62,64-66,68-80H2,1-4H3,(H,93,94)(H,95,96)/b13-9-,14-10-,15-11-,25-21-,26-22-,27-23-,36-33-,37-34-,42-40-,43-41-,44-35-,52-49-,54-50-,55-51-,67-63-. The van der Waals surface area contributed by atoms with Gasteiger partial charge in [-0.3, -0.25) is 37.3 Å². The first-order valence-corrected chi connectivity index (χ1v) is 43.0. The second kappa shape index (κ2) is 77.3. The average molecular weight is 1520 g/mol. The molecule has 0 aromatic carbocycles. The van der Waals surface area contributed by atoms with E-state index in [1.165, 1.54) is 51.4 Å². The molecule has 0 rings (SSSR count). The summed E-state index contributed by atoms with van der Waals surface area (Å²) in [6, 6.07) is 0. The van der Waals surface area contributed by atoms with Crippen molar-refractivity contribution in [3.8, 4) is 0 Å². The fourth-order valence-electron chi connectivity index (χ4n) is 9.93. The summed E-state index contributed by atoms with van der Waals surface area (Å²) < 4.78 is 68.4. The number of unbranched alkanes of at least 4 members (excludes halogenated alkanes) is 18. The van der Waals surface area contributed by atoms with Crippen molar-refractivity contribution in [3.05, 3.63) is 182 Å². The van der Waals surface area contributed by atoms with Crippen molar-refractivity contribution in [2.24, 2.45) is 0 Å². The lowest BCUT2D eigenvalue weighted by Gasteiger charge is -2.21. The maximum absolute atomic E-state index is 13.1. The molecule has 0 heterocycles. The van der Waals surface area contributed by atoms with Gasteiger partial charge in [0.2, 0.25) is 0 Å². The van der Waals surface area contributed by atoms with E-state index in [2.05, 4.69) is 186 Å². The van der Waals surface area contributed by atoms with Gasteiger partial charge >= 0.3 is 39.5 Å². The molecule has 0 aromatic rings. The van der Waals surface area contributed by atoms with Crippen molar-refractivity contribution < 1.29 is 80.2 Å². The molecule has 19 heteroatoms. The number of hydrogen-bond acceptors (Lipinski definition) is 15. The van der Waals surface area contributed by atoms with Crippen LogP contribution in [0.5, 0.6) is 0 Å². The molecule has 0 aliphatic heterocycles. The van der Waals surface area contributed by atoms with Crippen molar-refractivity contribution in [2.75, 3.05) is 39.6 Å². The molecule has 0 aliphatic carbocycles. The predicted octanol–water partition coefficient (Wildman–Crippen LogP) is 23.6. The van der Waals surface area contributed by atoms with E-state index in [9.17, 15) is 43.2 Å². The van der Waals surface area contributed by atoms with Gasteiger partial charge in [-0.05, 0) is 141 Å². The third-order valence-corrected chi connectivity index (χ3v) is 17.8. The Kier molecular flexibility index (Phi) is 73.1. The highest BCUT2D eigenvalue weighted by Crippen LogP contribution is 2.45. The third-order valence-electron chi connectivity index (χ3n) is 15.9. The van der Waals surface area contributed by atoms with E-state index in [-0.39, 0.29) is 25.7 Å². The van der Waals surface area contributed by atoms with Crippen LogP contribution in [0.4, 0.5) is 0 Å². The van der Waals surface area contributed by atoms with Crippen LogP contribution in [0.1, 0.15) is 285 Å². The number of aliphatic hydroxyl groups excluding tert-OH is 1. The fourth-order valence-corrected chi connectivity index (χ4v) is 11.5. The molecule has 5 atom stereocenters. The number of ether oxygens (including phenoxy) is 4. The van der Waals surface area contributed by atoms with Gasteiger partial charge in [0.1, 0.15) is 19.3 Å². The van der Waals surface area contributed by atoms with Crippen molar-refractivity contribution in [1.29, 1.82) is 0 Å². The Bertz CT molecular complexity index is 2730. The van der Waals surface area contributed by atoms with E-state index in [1.807, 2.05) is 18.2 Å². The van der Waals surface area contributed by atoms with Crippen LogP contribution in [0.2, 0.25) is 0 Å². The second-order valence-corrected chi connectivity index (χ2v) is 28.8. The van der Waals surface area contributed by atoms with Gasteiger partial charge < -0.3 is 33.8 Å². The van der Waals surface area contributed by atoms with Crippen molar-refractivity contribution >= 4 is 39.5 Å². The number of phosphoric acid groups is 2. The summed E-state index contributed by atoms with van der Waals surface area (Å²) in [5.74, 6) is -2.41. The number of phosphoric ester groups is 2. The van der Waals surface area contributed by atoms with Gasteiger partial charge in [0.15, 0.2) is 12.2 Å². The van der Waals surface area contributed by atoms with E-state index in [0.717, 1.165) is 154 Å². The lowest BCUT2D eigenvalue weighted by molar-refractivity contribution is -0.161.